The Hall–Kier alpha value is -4.18. The van der Waals surface area contributed by atoms with Crippen LogP contribution in [0.1, 0.15) is 45.7 Å². The standard InChI is InChI=1S/C35H35ClN4O4S/c1-2-39(19-25-15-16-32(45-25)33(37)38)34(41)31-17-24(43-20-22-11-13-23(36)14-12-22)18-40(31)35(42)44-21-30-28-9-5-3-7-26(28)27-8-4-6-10-29(27)30/h3-16,24,30-31H,2,17-21H2,1H3,(H3,37,38)/t24-,31+/m1/s1. The Morgan fingerprint density at radius 1 is 1.00 bits per heavy atom. The van der Waals surface area contributed by atoms with Crippen LogP contribution < -0.4 is 5.73 Å². The molecule has 0 spiro atoms. The van der Waals surface area contributed by atoms with Gasteiger partial charge < -0.3 is 20.1 Å². The first-order valence-electron chi connectivity index (χ1n) is 15.0. The van der Waals surface area contributed by atoms with Gasteiger partial charge in [-0.15, -0.1) is 11.3 Å². The number of likely N-dealkylation sites (tertiary alicyclic amines) is 1. The molecule has 2 atom stereocenters. The van der Waals surface area contributed by atoms with Crippen LogP contribution in [-0.2, 0) is 27.4 Å². The number of nitrogens with one attached hydrogen (secondary N) is 1. The fourth-order valence-electron chi connectivity index (χ4n) is 6.18. The maximum absolute atomic E-state index is 14.0. The number of ether oxygens (including phenoxy) is 2. The zero-order valence-electron chi connectivity index (χ0n) is 24.9. The molecular weight excluding hydrogens is 608 g/mol. The molecule has 0 saturated carbocycles. The summed E-state index contributed by atoms with van der Waals surface area (Å²) >= 11 is 7.43. The summed E-state index contributed by atoms with van der Waals surface area (Å²) in [5.41, 5.74) is 11.2. The average molecular weight is 643 g/mol. The van der Waals surface area contributed by atoms with Crippen molar-refractivity contribution in [3.63, 3.8) is 0 Å². The van der Waals surface area contributed by atoms with E-state index in [0.29, 0.717) is 36.0 Å². The molecule has 6 rings (SSSR count). The highest BCUT2D eigenvalue weighted by atomic mass is 35.5. The number of nitrogens with zero attached hydrogens (tertiary/aromatic N) is 2. The van der Waals surface area contributed by atoms with Gasteiger partial charge in [0, 0.05) is 28.8 Å². The number of carbonyl (C=O) groups is 2. The summed E-state index contributed by atoms with van der Waals surface area (Å²) in [5.74, 6) is -0.253. The number of amides is 2. The first kappa shape index (κ1) is 30.8. The van der Waals surface area contributed by atoms with Gasteiger partial charge in [-0.2, -0.15) is 0 Å². The summed E-state index contributed by atoms with van der Waals surface area (Å²) in [7, 11) is 0. The highest BCUT2D eigenvalue weighted by Crippen LogP contribution is 2.44. The second-order valence-electron chi connectivity index (χ2n) is 11.3. The first-order chi connectivity index (χ1) is 21.8. The Morgan fingerprint density at radius 2 is 1.67 bits per heavy atom. The smallest absolute Gasteiger partial charge is 0.410 e. The minimum absolute atomic E-state index is 0.00136. The van der Waals surface area contributed by atoms with E-state index in [-0.39, 0.29) is 36.9 Å². The van der Waals surface area contributed by atoms with Crippen LogP contribution in [0.4, 0.5) is 4.79 Å². The molecule has 1 aliphatic carbocycles. The van der Waals surface area contributed by atoms with Crippen molar-refractivity contribution < 1.29 is 19.1 Å². The summed E-state index contributed by atoms with van der Waals surface area (Å²) < 4.78 is 12.2. The second-order valence-corrected chi connectivity index (χ2v) is 12.9. The van der Waals surface area contributed by atoms with Crippen LogP contribution >= 0.6 is 22.9 Å². The maximum atomic E-state index is 14.0. The lowest BCUT2D eigenvalue weighted by molar-refractivity contribution is -0.136. The van der Waals surface area contributed by atoms with Gasteiger partial charge in [-0.25, -0.2) is 4.79 Å². The Morgan fingerprint density at radius 3 is 2.29 bits per heavy atom. The third-order valence-electron chi connectivity index (χ3n) is 8.48. The predicted molar refractivity (Wildman–Crippen MR) is 177 cm³/mol. The Bertz CT molecular complexity index is 1660. The lowest BCUT2D eigenvalue weighted by Crippen LogP contribution is -2.47. The average Bonchev–Trinajstić information content (AvgIpc) is 3.78. The fraction of sp³-hybridized carbons (Fsp3) is 0.286. The van der Waals surface area contributed by atoms with Crippen molar-refractivity contribution >= 4 is 40.8 Å². The van der Waals surface area contributed by atoms with Crippen LogP contribution in [0.2, 0.25) is 5.02 Å². The number of thiophene rings is 1. The lowest BCUT2D eigenvalue weighted by atomic mass is 9.98. The zero-order chi connectivity index (χ0) is 31.5. The number of carbonyl (C=O) groups excluding carboxylic acids is 2. The van der Waals surface area contributed by atoms with Crippen molar-refractivity contribution in [2.24, 2.45) is 5.73 Å². The quantitative estimate of drug-likeness (QED) is 0.149. The minimum atomic E-state index is -0.733. The molecule has 10 heteroatoms. The summed E-state index contributed by atoms with van der Waals surface area (Å²) in [5, 5.41) is 8.36. The fourth-order valence-corrected chi connectivity index (χ4v) is 7.19. The van der Waals surface area contributed by atoms with Crippen molar-refractivity contribution in [3.8, 4) is 11.1 Å². The number of benzene rings is 3. The molecule has 0 radical (unpaired) electrons. The molecular formula is C35H35ClN4O4S. The Balaban J connectivity index is 1.19. The monoisotopic (exact) mass is 642 g/mol. The van der Waals surface area contributed by atoms with Gasteiger partial charge >= 0.3 is 6.09 Å². The molecule has 2 aliphatic rings. The van der Waals surface area contributed by atoms with Gasteiger partial charge in [0.15, 0.2) is 0 Å². The van der Waals surface area contributed by atoms with Gasteiger partial charge in [0.1, 0.15) is 18.5 Å². The van der Waals surface area contributed by atoms with E-state index in [1.807, 2.05) is 61.5 Å². The second kappa shape index (κ2) is 13.4. The summed E-state index contributed by atoms with van der Waals surface area (Å²) in [6, 6.07) is 26.8. The van der Waals surface area contributed by atoms with Gasteiger partial charge in [0.25, 0.3) is 0 Å². The summed E-state index contributed by atoms with van der Waals surface area (Å²) in [6.07, 6.45) is -0.519. The predicted octanol–water partition coefficient (Wildman–Crippen LogP) is 6.64. The molecule has 1 fully saturated rings. The minimum Gasteiger partial charge on any atom is -0.448 e. The van der Waals surface area contributed by atoms with E-state index in [2.05, 4.69) is 24.3 Å². The number of nitrogens with two attached hydrogens (primary N) is 1. The van der Waals surface area contributed by atoms with Gasteiger partial charge in [-0.1, -0.05) is 72.3 Å². The van der Waals surface area contributed by atoms with E-state index in [9.17, 15) is 9.59 Å². The molecule has 0 bridgehead atoms. The molecule has 232 valence electrons. The molecule has 1 saturated heterocycles. The van der Waals surface area contributed by atoms with Crippen LogP contribution in [0.3, 0.4) is 0 Å². The number of nitrogen functional groups attached to an aromatic ring is 1. The summed E-state index contributed by atoms with van der Waals surface area (Å²) in [4.78, 5) is 32.6. The van der Waals surface area contributed by atoms with Crippen LogP contribution in [-0.4, -0.2) is 59.5 Å². The van der Waals surface area contributed by atoms with Crippen molar-refractivity contribution in [1.29, 1.82) is 5.41 Å². The molecule has 4 aromatic rings. The molecule has 8 nitrogen and oxygen atoms in total. The SMILES string of the molecule is CCN(Cc1ccc(C(=N)N)s1)C(=O)[C@@H]1C[C@@H](OCc2ccc(Cl)cc2)CN1C(=O)OCC1c2ccccc2-c2ccccc21. The van der Waals surface area contributed by atoms with Crippen molar-refractivity contribution in [2.45, 2.75) is 44.6 Å². The molecule has 45 heavy (non-hydrogen) atoms. The molecule has 3 aromatic carbocycles. The zero-order valence-corrected chi connectivity index (χ0v) is 26.5. The van der Waals surface area contributed by atoms with Gasteiger partial charge in [0.05, 0.1) is 30.7 Å². The normalized spacial score (nSPS) is 17.2. The molecule has 2 amide bonds. The molecule has 3 N–H and O–H groups in total. The largest absolute Gasteiger partial charge is 0.448 e. The number of likely N-dealkylation sites (N-methyl/N-ethyl adjacent to an activating group) is 1. The Kier molecular flexibility index (Phi) is 9.21. The van der Waals surface area contributed by atoms with Crippen LogP contribution in [0.5, 0.6) is 0 Å². The van der Waals surface area contributed by atoms with E-state index in [4.69, 9.17) is 32.2 Å². The van der Waals surface area contributed by atoms with Crippen LogP contribution in [0.25, 0.3) is 11.1 Å². The van der Waals surface area contributed by atoms with Gasteiger partial charge in [-0.05, 0) is 59.0 Å². The molecule has 2 heterocycles. The number of rotatable bonds is 10. The third-order valence-corrected chi connectivity index (χ3v) is 9.84. The number of hydrogen-bond donors (Lipinski definition) is 2. The van der Waals surface area contributed by atoms with Crippen molar-refractivity contribution in [3.05, 3.63) is 116 Å². The molecule has 1 aliphatic heterocycles. The van der Waals surface area contributed by atoms with E-state index < -0.39 is 12.1 Å². The first-order valence-corrected chi connectivity index (χ1v) is 16.2. The maximum Gasteiger partial charge on any atom is 0.410 e. The highest BCUT2D eigenvalue weighted by Gasteiger charge is 2.43. The van der Waals surface area contributed by atoms with Crippen molar-refractivity contribution in [1.82, 2.24) is 9.80 Å². The number of fused-ring (bicyclic) bond motifs is 3. The van der Waals surface area contributed by atoms with Gasteiger partial charge in [-0.3, -0.25) is 15.1 Å². The van der Waals surface area contributed by atoms with E-state index >= 15 is 0 Å². The number of amidine groups is 1. The third kappa shape index (κ3) is 6.61. The summed E-state index contributed by atoms with van der Waals surface area (Å²) in [6.45, 7) is 3.48. The highest BCUT2D eigenvalue weighted by molar-refractivity contribution is 7.14. The number of halogens is 1. The van der Waals surface area contributed by atoms with E-state index in [0.717, 1.165) is 32.7 Å². The van der Waals surface area contributed by atoms with E-state index in [1.54, 1.807) is 11.0 Å². The van der Waals surface area contributed by atoms with E-state index in [1.165, 1.54) is 16.2 Å². The topological polar surface area (TPSA) is 109 Å². The van der Waals surface area contributed by atoms with Gasteiger partial charge in [0.2, 0.25) is 5.91 Å². The van der Waals surface area contributed by atoms with Crippen LogP contribution in [0, 0.1) is 5.41 Å². The van der Waals surface area contributed by atoms with Crippen LogP contribution in [0.15, 0.2) is 84.9 Å². The molecule has 1 aromatic heterocycles. The molecule has 0 unspecified atom stereocenters. The lowest BCUT2D eigenvalue weighted by Gasteiger charge is -2.29. The number of hydrogen-bond acceptors (Lipinski definition) is 6. The Labute approximate surface area is 271 Å². The van der Waals surface area contributed by atoms with Crippen molar-refractivity contribution in [2.75, 3.05) is 19.7 Å².